The zero-order chi connectivity index (χ0) is 15.5. The van der Waals surface area contributed by atoms with Crippen LogP contribution in [-0.2, 0) is 4.79 Å². The van der Waals surface area contributed by atoms with Crippen LogP contribution in [0.4, 0.5) is 5.95 Å². The number of anilines is 1. The summed E-state index contributed by atoms with van der Waals surface area (Å²) in [5, 5.41) is 5.22. The fourth-order valence-corrected chi connectivity index (χ4v) is 1.98. The Bertz CT molecular complexity index is 774. The van der Waals surface area contributed by atoms with Crippen LogP contribution in [0, 0.1) is 0 Å². The number of amides is 2. The maximum atomic E-state index is 12.1. The highest BCUT2D eigenvalue weighted by Gasteiger charge is 2.18. The summed E-state index contributed by atoms with van der Waals surface area (Å²) in [6.45, 7) is 1.59. The Kier molecular flexibility index (Phi) is 3.61. The molecule has 0 aliphatic heterocycles. The number of hydrogen-bond donors (Lipinski definition) is 3. The SMILES string of the molecule is C[C@@H](NC(=O)c1ccoc1)C(=O)Nc1nc2ccccc2[nH]1. The number of aromatic nitrogens is 2. The number of aromatic amines is 1. The first-order valence-corrected chi connectivity index (χ1v) is 6.72. The lowest BCUT2D eigenvalue weighted by Crippen LogP contribution is -2.41. The van der Waals surface area contributed by atoms with Gasteiger partial charge < -0.3 is 14.7 Å². The molecule has 3 aromatic rings. The van der Waals surface area contributed by atoms with Crippen LogP contribution >= 0.6 is 0 Å². The number of carbonyl (C=O) groups is 2. The topological polar surface area (TPSA) is 100 Å². The minimum atomic E-state index is -0.712. The van der Waals surface area contributed by atoms with Crippen molar-refractivity contribution in [2.75, 3.05) is 5.32 Å². The summed E-state index contributed by atoms with van der Waals surface area (Å²) >= 11 is 0. The van der Waals surface area contributed by atoms with Gasteiger partial charge in [-0.1, -0.05) is 12.1 Å². The van der Waals surface area contributed by atoms with Gasteiger partial charge in [-0.25, -0.2) is 4.98 Å². The molecule has 2 heterocycles. The highest BCUT2D eigenvalue weighted by atomic mass is 16.3. The second kappa shape index (κ2) is 5.72. The average Bonchev–Trinajstić information content (AvgIpc) is 3.15. The molecule has 0 saturated carbocycles. The second-order valence-corrected chi connectivity index (χ2v) is 4.80. The molecule has 0 bridgehead atoms. The number of furan rings is 1. The predicted octanol–water partition coefficient (Wildman–Crippen LogP) is 1.91. The van der Waals surface area contributed by atoms with Gasteiger partial charge in [0.1, 0.15) is 12.3 Å². The van der Waals surface area contributed by atoms with E-state index < -0.39 is 6.04 Å². The van der Waals surface area contributed by atoms with E-state index in [1.807, 2.05) is 24.3 Å². The number of rotatable bonds is 4. The van der Waals surface area contributed by atoms with E-state index in [9.17, 15) is 9.59 Å². The summed E-state index contributed by atoms with van der Waals surface area (Å²) in [6, 6.07) is 8.26. The number of para-hydroxylation sites is 2. The van der Waals surface area contributed by atoms with Crippen LogP contribution in [0.25, 0.3) is 11.0 Å². The molecule has 0 saturated heterocycles. The Morgan fingerprint density at radius 2 is 2.09 bits per heavy atom. The number of benzene rings is 1. The van der Waals surface area contributed by atoms with E-state index in [2.05, 4.69) is 20.6 Å². The standard InChI is InChI=1S/C15H14N4O3/c1-9(16-14(21)10-6-7-22-8-10)13(20)19-15-17-11-4-2-3-5-12(11)18-15/h2-9H,1H3,(H,16,21)(H2,17,18,19,20)/t9-/m1/s1. The van der Waals surface area contributed by atoms with E-state index in [1.54, 1.807) is 6.92 Å². The largest absolute Gasteiger partial charge is 0.472 e. The van der Waals surface area contributed by atoms with E-state index in [1.165, 1.54) is 18.6 Å². The summed E-state index contributed by atoms with van der Waals surface area (Å²) in [6.07, 6.45) is 2.72. The lowest BCUT2D eigenvalue weighted by molar-refractivity contribution is -0.117. The van der Waals surface area contributed by atoms with Crippen molar-refractivity contribution in [3.8, 4) is 0 Å². The van der Waals surface area contributed by atoms with Gasteiger partial charge in [0, 0.05) is 0 Å². The minimum absolute atomic E-state index is 0.343. The molecule has 1 atom stereocenters. The molecule has 0 radical (unpaired) electrons. The molecule has 2 amide bonds. The van der Waals surface area contributed by atoms with Crippen LogP contribution < -0.4 is 10.6 Å². The fraction of sp³-hybridized carbons (Fsp3) is 0.133. The average molecular weight is 298 g/mol. The van der Waals surface area contributed by atoms with Crippen molar-refractivity contribution in [2.45, 2.75) is 13.0 Å². The van der Waals surface area contributed by atoms with Gasteiger partial charge in [0.15, 0.2) is 0 Å². The Labute approximate surface area is 125 Å². The van der Waals surface area contributed by atoms with Crippen LogP contribution in [0.1, 0.15) is 17.3 Å². The second-order valence-electron chi connectivity index (χ2n) is 4.80. The minimum Gasteiger partial charge on any atom is -0.472 e. The van der Waals surface area contributed by atoms with Crippen molar-refractivity contribution in [1.29, 1.82) is 0 Å². The van der Waals surface area contributed by atoms with Crippen LogP contribution in [0.2, 0.25) is 0 Å². The summed E-state index contributed by atoms with van der Waals surface area (Å²) in [5.41, 5.74) is 1.95. The quantitative estimate of drug-likeness (QED) is 0.685. The zero-order valence-electron chi connectivity index (χ0n) is 11.8. The van der Waals surface area contributed by atoms with E-state index >= 15 is 0 Å². The maximum Gasteiger partial charge on any atom is 0.255 e. The number of H-pyrrole nitrogens is 1. The monoisotopic (exact) mass is 298 g/mol. The molecule has 7 nitrogen and oxygen atoms in total. The molecule has 112 valence electrons. The lowest BCUT2D eigenvalue weighted by atomic mass is 10.2. The Morgan fingerprint density at radius 1 is 1.27 bits per heavy atom. The third-order valence-corrected chi connectivity index (χ3v) is 3.16. The van der Waals surface area contributed by atoms with Gasteiger partial charge in [0.05, 0.1) is 22.9 Å². The van der Waals surface area contributed by atoms with Gasteiger partial charge >= 0.3 is 0 Å². The first-order chi connectivity index (χ1) is 10.6. The Morgan fingerprint density at radius 3 is 2.82 bits per heavy atom. The maximum absolute atomic E-state index is 12.1. The third kappa shape index (κ3) is 2.83. The number of fused-ring (bicyclic) bond motifs is 1. The van der Waals surface area contributed by atoms with Gasteiger partial charge in [-0.2, -0.15) is 0 Å². The van der Waals surface area contributed by atoms with Crippen molar-refractivity contribution in [2.24, 2.45) is 0 Å². The molecule has 0 fully saturated rings. The molecule has 0 aliphatic carbocycles. The first-order valence-electron chi connectivity index (χ1n) is 6.72. The molecule has 3 N–H and O–H groups in total. The van der Waals surface area contributed by atoms with E-state index in [0.29, 0.717) is 11.5 Å². The Hall–Kier alpha value is -3.09. The summed E-state index contributed by atoms with van der Waals surface area (Å²) in [4.78, 5) is 31.2. The molecule has 1 aromatic carbocycles. The molecule has 2 aromatic heterocycles. The molecule has 7 heteroatoms. The smallest absolute Gasteiger partial charge is 0.255 e. The van der Waals surface area contributed by atoms with Crippen LogP contribution in [-0.4, -0.2) is 27.8 Å². The predicted molar refractivity (Wildman–Crippen MR) is 80.4 cm³/mol. The van der Waals surface area contributed by atoms with Gasteiger partial charge in [-0.15, -0.1) is 0 Å². The molecule has 0 unspecified atom stereocenters. The van der Waals surface area contributed by atoms with Gasteiger partial charge in [-0.3, -0.25) is 14.9 Å². The van der Waals surface area contributed by atoms with E-state index in [4.69, 9.17) is 4.42 Å². The van der Waals surface area contributed by atoms with Crippen LogP contribution in [0.5, 0.6) is 0 Å². The fourth-order valence-electron chi connectivity index (χ4n) is 1.98. The Balaban J connectivity index is 1.64. The summed E-state index contributed by atoms with van der Waals surface area (Å²) < 4.78 is 4.83. The van der Waals surface area contributed by atoms with Gasteiger partial charge in [0.2, 0.25) is 11.9 Å². The number of nitrogens with zero attached hydrogens (tertiary/aromatic N) is 1. The highest BCUT2D eigenvalue weighted by molar-refractivity contribution is 6.00. The normalized spacial score (nSPS) is 12.0. The number of imidazole rings is 1. The molecule has 3 rings (SSSR count). The first kappa shape index (κ1) is 13.9. The van der Waals surface area contributed by atoms with Gasteiger partial charge in [0.25, 0.3) is 5.91 Å². The number of nitrogens with one attached hydrogen (secondary N) is 3. The third-order valence-electron chi connectivity index (χ3n) is 3.16. The van der Waals surface area contributed by atoms with E-state index in [0.717, 1.165) is 11.0 Å². The summed E-state index contributed by atoms with van der Waals surface area (Å²) in [5.74, 6) is -0.396. The van der Waals surface area contributed by atoms with Crippen molar-refractivity contribution in [3.05, 3.63) is 48.4 Å². The van der Waals surface area contributed by atoms with Crippen molar-refractivity contribution in [3.63, 3.8) is 0 Å². The molecule has 22 heavy (non-hydrogen) atoms. The van der Waals surface area contributed by atoms with Crippen molar-refractivity contribution >= 4 is 28.8 Å². The van der Waals surface area contributed by atoms with Gasteiger partial charge in [-0.05, 0) is 25.1 Å². The molecule has 0 aliphatic rings. The molecular formula is C15H14N4O3. The number of hydrogen-bond acceptors (Lipinski definition) is 4. The number of carbonyl (C=O) groups excluding carboxylic acids is 2. The lowest BCUT2D eigenvalue weighted by Gasteiger charge is -2.12. The van der Waals surface area contributed by atoms with Crippen molar-refractivity contribution < 1.29 is 14.0 Å². The van der Waals surface area contributed by atoms with Crippen LogP contribution in [0.3, 0.4) is 0 Å². The van der Waals surface area contributed by atoms with E-state index in [-0.39, 0.29) is 11.8 Å². The highest BCUT2D eigenvalue weighted by Crippen LogP contribution is 2.13. The zero-order valence-corrected chi connectivity index (χ0v) is 11.8. The molecule has 0 spiro atoms. The summed E-state index contributed by atoms with van der Waals surface area (Å²) in [7, 11) is 0. The van der Waals surface area contributed by atoms with Crippen LogP contribution in [0.15, 0.2) is 47.3 Å². The van der Waals surface area contributed by atoms with Crippen molar-refractivity contribution in [1.82, 2.24) is 15.3 Å². The molecular weight excluding hydrogens is 284 g/mol.